The first-order valence-corrected chi connectivity index (χ1v) is 11.4. The van der Waals surface area contributed by atoms with E-state index in [0.29, 0.717) is 20.1 Å². The van der Waals surface area contributed by atoms with Crippen LogP contribution in [0, 0.1) is 0 Å². The summed E-state index contributed by atoms with van der Waals surface area (Å²) < 4.78 is 0. The van der Waals surface area contributed by atoms with E-state index in [1.54, 1.807) is 6.07 Å². The summed E-state index contributed by atoms with van der Waals surface area (Å²) in [7, 11) is 0. The number of nitrogens with zero attached hydrogens (tertiary/aromatic N) is 2. The molecular formula is C23H19Cl5N2. The minimum absolute atomic E-state index is 0.123. The minimum Gasteiger partial charge on any atom is -0.361 e. The van der Waals surface area contributed by atoms with Crippen LogP contribution in [0.1, 0.15) is 17.2 Å². The van der Waals surface area contributed by atoms with E-state index in [0.717, 1.165) is 42.5 Å². The molecule has 3 aromatic rings. The number of halogens is 5. The highest BCUT2D eigenvalue weighted by atomic mass is 35.5. The molecule has 1 heterocycles. The van der Waals surface area contributed by atoms with Gasteiger partial charge in [0.15, 0.2) is 0 Å². The van der Waals surface area contributed by atoms with Crippen molar-refractivity contribution in [1.29, 1.82) is 0 Å². The van der Waals surface area contributed by atoms with E-state index >= 15 is 0 Å². The standard InChI is InChI=1S/C23H19Cl5N2/c24-17-4-2-16(3-5-17)23-14-29(13-15-1-7-19(26)20(27)11-15)9-10-30(23)22-8-6-18(25)12-21(22)28/h1-8,11-12,23H,9-10,13-14H2. The zero-order chi connectivity index (χ0) is 21.3. The lowest BCUT2D eigenvalue weighted by atomic mass is 10.0. The smallest absolute Gasteiger partial charge is 0.0670 e. The number of hydrogen-bond donors (Lipinski definition) is 0. The van der Waals surface area contributed by atoms with Crippen molar-refractivity contribution in [2.75, 3.05) is 24.5 Å². The zero-order valence-electron chi connectivity index (χ0n) is 16.0. The van der Waals surface area contributed by atoms with Crippen molar-refractivity contribution >= 4 is 63.7 Å². The van der Waals surface area contributed by atoms with Crippen LogP contribution in [0.15, 0.2) is 60.7 Å². The molecule has 4 rings (SSSR count). The molecule has 0 spiro atoms. The molecule has 7 heteroatoms. The van der Waals surface area contributed by atoms with Gasteiger partial charge < -0.3 is 4.90 Å². The van der Waals surface area contributed by atoms with Crippen LogP contribution in [0.2, 0.25) is 25.1 Å². The molecule has 0 saturated carbocycles. The fraction of sp³-hybridized carbons (Fsp3) is 0.217. The highest BCUT2D eigenvalue weighted by Gasteiger charge is 2.29. The fourth-order valence-electron chi connectivity index (χ4n) is 3.85. The topological polar surface area (TPSA) is 6.48 Å². The van der Waals surface area contributed by atoms with Crippen LogP contribution in [0.25, 0.3) is 0 Å². The Kier molecular flexibility index (Phi) is 7.04. The number of benzene rings is 3. The lowest BCUT2D eigenvalue weighted by molar-refractivity contribution is 0.215. The van der Waals surface area contributed by atoms with Gasteiger partial charge in [0.2, 0.25) is 0 Å². The van der Waals surface area contributed by atoms with Crippen LogP contribution in [0.5, 0.6) is 0 Å². The average Bonchev–Trinajstić information content (AvgIpc) is 2.72. The lowest BCUT2D eigenvalue weighted by Crippen LogP contribution is -2.48. The maximum absolute atomic E-state index is 6.55. The largest absolute Gasteiger partial charge is 0.361 e. The molecule has 1 atom stereocenters. The van der Waals surface area contributed by atoms with Crippen LogP contribution in [-0.4, -0.2) is 24.5 Å². The van der Waals surface area contributed by atoms with E-state index in [1.807, 2.05) is 42.5 Å². The Morgan fingerprint density at radius 2 is 1.43 bits per heavy atom. The number of piperazine rings is 1. The molecule has 0 bridgehead atoms. The molecule has 0 aliphatic carbocycles. The number of hydrogen-bond acceptors (Lipinski definition) is 2. The second kappa shape index (κ2) is 9.56. The predicted molar refractivity (Wildman–Crippen MR) is 130 cm³/mol. The Labute approximate surface area is 201 Å². The number of anilines is 1. The van der Waals surface area contributed by atoms with Crippen molar-refractivity contribution in [1.82, 2.24) is 4.90 Å². The second-order valence-electron chi connectivity index (χ2n) is 7.34. The molecule has 1 unspecified atom stereocenters. The van der Waals surface area contributed by atoms with Crippen LogP contribution < -0.4 is 4.90 Å². The molecule has 3 aromatic carbocycles. The van der Waals surface area contributed by atoms with Gasteiger partial charge in [0, 0.05) is 36.2 Å². The molecule has 1 aliphatic rings. The van der Waals surface area contributed by atoms with Gasteiger partial charge in [0.25, 0.3) is 0 Å². The second-order valence-corrected chi connectivity index (χ2v) is 9.43. The molecule has 0 amide bonds. The van der Waals surface area contributed by atoms with Crippen molar-refractivity contribution < 1.29 is 0 Å². The Morgan fingerprint density at radius 3 is 2.13 bits per heavy atom. The summed E-state index contributed by atoms with van der Waals surface area (Å²) in [6.07, 6.45) is 0. The molecule has 156 valence electrons. The Hall–Kier alpha value is -1.13. The summed E-state index contributed by atoms with van der Waals surface area (Å²) in [5.41, 5.74) is 3.30. The van der Waals surface area contributed by atoms with Gasteiger partial charge in [-0.15, -0.1) is 0 Å². The first kappa shape index (κ1) is 22.1. The monoisotopic (exact) mass is 498 g/mol. The van der Waals surface area contributed by atoms with Gasteiger partial charge >= 0.3 is 0 Å². The van der Waals surface area contributed by atoms with Crippen LogP contribution in [0.4, 0.5) is 5.69 Å². The van der Waals surface area contributed by atoms with Crippen molar-refractivity contribution in [2.45, 2.75) is 12.6 Å². The molecule has 30 heavy (non-hydrogen) atoms. The van der Waals surface area contributed by atoms with Gasteiger partial charge in [-0.2, -0.15) is 0 Å². The summed E-state index contributed by atoms with van der Waals surface area (Å²) >= 11 is 31.1. The van der Waals surface area contributed by atoms with E-state index < -0.39 is 0 Å². The Bertz CT molecular complexity index is 1040. The maximum Gasteiger partial charge on any atom is 0.0670 e. The molecule has 0 radical (unpaired) electrons. The Morgan fingerprint density at radius 1 is 0.700 bits per heavy atom. The fourth-order valence-corrected chi connectivity index (χ4v) is 4.82. The highest BCUT2D eigenvalue weighted by molar-refractivity contribution is 6.42. The summed E-state index contributed by atoms with van der Waals surface area (Å²) in [5.74, 6) is 0. The Balaban J connectivity index is 1.62. The van der Waals surface area contributed by atoms with Crippen LogP contribution >= 0.6 is 58.0 Å². The van der Waals surface area contributed by atoms with Gasteiger partial charge in [0.1, 0.15) is 0 Å². The van der Waals surface area contributed by atoms with Crippen molar-refractivity contribution in [3.63, 3.8) is 0 Å². The third-order valence-electron chi connectivity index (χ3n) is 5.33. The van der Waals surface area contributed by atoms with Gasteiger partial charge in [-0.1, -0.05) is 76.2 Å². The van der Waals surface area contributed by atoms with Gasteiger partial charge in [-0.3, -0.25) is 4.90 Å². The van der Waals surface area contributed by atoms with Gasteiger partial charge in [0.05, 0.1) is 26.8 Å². The average molecular weight is 501 g/mol. The molecule has 1 fully saturated rings. The van der Waals surface area contributed by atoms with Gasteiger partial charge in [-0.25, -0.2) is 0 Å². The minimum atomic E-state index is 0.123. The third kappa shape index (κ3) is 5.02. The normalized spacial score (nSPS) is 17.4. The van der Waals surface area contributed by atoms with E-state index in [-0.39, 0.29) is 6.04 Å². The zero-order valence-corrected chi connectivity index (χ0v) is 19.7. The van der Waals surface area contributed by atoms with E-state index in [9.17, 15) is 0 Å². The summed E-state index contributed by atoms with van der Waals surface area (Å²) in [6.45, 7) is 3.35. The number of rotatable bonds is 4. The molecule has 0 N–H and O–H groups in total. The summed E-state index contributed by atoms with van der Waals surface area (Å²) in [4.78, 5) is 4.76. The lowest BCUT2D eigenvalue weighted by Gasteiger charge is -2.43. The molecule has 0 aromatic heterocycles. The summed E-state index contributed by atoms with van der Waals surface area (Å²) in [6, 6.07) is 19.6. The summed E-state index contributed by atoms with van der Waals surface area (Å²) in [5, 5.41) is 3.15. The van der Waals surface area contributed by atoms with Crippen molar-refractivity contribution in [2.24, 2.45) is 0 Å². The predicted octanol–water partition coefficient (Wildman–Crippen LogP) is 8.02. The van der Waals surface area contributed by atoms with E-state index in [4.69, 9.17) is 58.0 Å². The van der Waals surface area contributed by atoms with Crippen LogP contribution in [-0.2, 0) is 6.54 Å². The van der Waals surface area contributed by atoms with E-state index in [2.05, 4.69) is 21.9 Å². The highest BCUT2D eigenvalue weighted by Crippen LogP contribution is 2.37. The van der Waals surface area contributed by atoms with E-state index in [1.165, 1.54) is 5.56 Å². The molecular weight excluding hydrogens is 482 g/mol. The maximum atomic E-state index is 6.55. The quantitative estimate of drug-likeness (QED) is 0.358. The molecule has 1 aliphatic heterocycles. The van der Waals surface area contributed by atoms with Gasteiger partial charge in [-0.05, 0) is 53.6 Å². The van der Waals surface area contributed by atoms with Crippen LogP contribution in [0.3, 0.4) is 0 Å². The first-order valence-electron chi connectivity index (χ1n) is 9.54. The van der Waals surface area contributed by atoms with Crippen molar-refractivity contribution in [3.8, 4) is 0 Å². The first-order chi connectivity index (χ1) is 14.4. The molecule has 1 saturated heterocycles. The SMILES string of the molecule is Clc1ccc(C2CN(Cc3ccc(Cl)c(Cl)c3)CCN2c2ccc(Cl)cc2Cl)cc1. The van der Waals surface area contributed by atoms with Crippen molar-refractivity contribution in [3.05, 3.63) is 96.9 Å². The third-order valence-corrected chi connectivity index (χ3v) is 6.86. The molecule has 2 nitrogen and oxygen atoms in total.